The van der Waals surface area contributed by atoms with Gasteiger partial charge in [-0.3, -0.25) is 4.57 Å². The number of methoxy groups -OCH3 is 1. The highest BCUT2D eigenvalue weighted by Gasteiger charge is 2.24. The van der Waals surface area contributed by atoms with Crippen molar-refractivity contribution in [2.45, 2.75) is 43.6 Å². The smallest absolute Gasteiger partial charge is 0.192 e. The number of thioether (sulfide) groups is 1. The summed E-state index contributed by atoms with van der Waals surface area (Å²) >= 11 is 3.58. The average molecular weight is 412 g/mol. The van der Waals surface area contributed by atoms with E-state index in [1.807, 2.05) is 29.5 Å². The van der Waals surface area contributed by atoms with E-state index >= 15 is 0 Å². The first kappa shape index (κ1) is 19.3. The molecular weight excluding hydrogens is 386 g/mol. The first-order chi connectivity index (χ1) is 13.7. The lowest BCUT2D eigenvalue weighted by atomic mass is 9.88. The van der Waals surface area contributed by atoms with Crippen LogP contribution in [0.2, 0.25) is 0 Å². The number of hydrogen-bond donors (Lipinski definition) is 0. The van der Waals surface area contributed by atoms with Crippen molar-refractivity contribution >= 4 is 23.1 Å². The quantitative estimate of drug-likeness (QED) is 0.374. The lowest BCUT2D eigenvalue weighted by Crippen LogP contribution is -2.10. The van der Waals surface area contributed by atoms with Crippen LogP contribution in [0.15, 0.2) is 47.5 Å². The molecule has 0 saturated carbocycles. The highest BCUT2D eigenvalue weighted by atomic mass is 32.2. The van der Waals surface area contributed by atoms with E-state index < -0.39 is 0 Å². The molecule has 4 rings (SSSR count). The van der Waals surface area contributed by atoms with Crippen LogP contribution < -0.4 is 4.74 Å². The number of nitrogens with zero attached hydrogens (tertiary/aromatic N) is 3. The lowest BCUT2D eigenvalue weighted by Gasteiger charge is -2.19. The third-order valence-corrected chi connectivity index (χ3v) is 7.26. The van der Waals surface area contributed by atoms with Gasteiger partial charge in [0, 0.05) is 28.1 Å². The molecule has 0 aliphatic heterocycles. The molecule has 0 amide bonds. The zero-order valence-corrected chi connectivity index (χ0v) is 18.0. The zero-order chi connectivity index (χ0) is 19.5. The molecule has 1 aliphatic carbocycles. The van der Waals surface area contributed by atoms with E-state index in [2.05, 4.69) is 45.8 Å². The van der Waals surface area contributed by atoms with Gasteiger partial charge in [0.1, 0.15) is 5.75 Å². The summed E-state index contributed by atoms with van der Waals surface area (Å²) in [6.45, 7) is 6.99. The number of ether oxygens (including phenoxy) is 1. The molecule has 0 radical (unpaired) electrons. The number of hydrogen-bond acceptors (Lipinski definition) is 5. The Morgan fingerprint density at radius 2 is 2.29 bits per heavy atom. The largest absolute Gasteiger partial charge is 0.497 e. The van der Waals surface area contributed by atoms with Crippen molar-refractivity contribution in [3.8, 4) is 17.1 Å². The van der Waals surface area contributed by atoms with E-state index in [1.165, 1.54) is 34.4 Å². The van der Waals surface area contributed by atoms with E-state index in [0.717, 1.165) is 34.8 Å². The Balaban J connectivity index is 1.60. The molecule has 28 heavy (non-hydrogen) atoms. The zero-order valence-electron chi connectivity index (χ0n) is 16.4. The van der Waals surface area contributed by atoms with E-state index in [-0.39, 0.29) is 0 Å². The molecule has 1 aliphatic rings. The van der Waals surface area contributed by atoms with E-state index in [1.54, 1.807) is 18.9 Å². The Labute approximate surface area is 174 Å². The molecule has 1 unspecified atom stereocenters. The minimum atomic E-state index is 0.712. The lowest BCUT2D eigenvalue weighted by molar-refractivity contribution is 0.414. The van der Waals surface area contributed by atoms with Gasteiger partial charge in [0.05, 0.1) is 7.11 Å². The van der Waals surface area contributed by atoms with Gasteiger partial charge in [0.25, 0.3) is 0 Å². The molecule has 146 valence electrons. The predicted molar refractivity (Wildman–Crippen MR) is 117 cm³/mol. The number of thiophene rings is 1. The summed E-state index contributed by atoms with van der Waals surface area (Å²) in [5, 5.41) is 12.3. The molecule has 0 spiro atoms. The number of rotatable bonds is 7. The molecule has 2 heterocycles. The van der Waals surface area contributed by atoms with Crippen LogP contribution in [0.3, 0.4) is 0 Å². The van der Waals surface area contributed by atoms with Crippen LogP contribution in [-0.2, 0) is 25.1 Å². The first-order valence-electron chi connectivity index (χ1n) is 9.59. The molecule has 0 bridgehead atoms. The molecule has 3 aromatic rings. The number of allylic oxidation sites excluding steroid dienone is 1. The van der Waals surface area contributed by atoms with Gasteiger partial charge in [0.2, 0.25) is 0 Å². The minimum absolute atomic E-state index is 0.712. The molecule has 4 nitrogen and oxygen atoms in total. The highest BCUT2D eigenvalue weighted by Crippen LogP contribution is 2.38. The van der Waals surface area contributed by atoms with E-state index in [0.29, 0.717) is 6.54 Å². The second-order valence-electron chi connectivity index (χ2n) is 7.24. The second-order valence-corrected chi connectivity index (χ2v) is 9.15. The first-order valence-corrected chi connectivity index (χ1v) is 11.5. The Hall–Kier alpha value is -2.05. The van der Waals surface area contributed by atoms with Gasteiger partial charge in [-0.25, -0.2) is 0 Å². The molecule has 0 fully saturated rings. The topological polar surface area (TPSA) is 39.9 Å². The van der Waals surface area contributed by atoms with Crippen molar-refractivity contribution in [3.05, 3.63) is 58.3 Å². The van der Waals surface area contributed by atoms with Crippen molar-refractivity contribution in [3.63, 3.8) is 0 Å². The van der Waals surface area contributed by atoms with Gasteiger partial charge in [-0.1, -0.05) is 36.9 Å². The summed E-state index contributed by atoms with van der Waals surface area (Å²) in [6.07, 6.45) is 5.50. The molecule has 6 heteroatoms. The molecule has 1 atom stereocenters. The molecule has 0 saturated heterocycles. The number of benzene rings is 1. The van der Waals surface area contributed by atoms with E-state index in [9.17, 15) is 0 Å². The van der Waals surface area contributed by atoms with Crippen LogP contribution in [0, 0.1) is 5.92 Å². The summed E-state index contributed by atoms with van der Waals surface area (Å²) in [7, 11) is 1.70. The fourth-order valence-corrected chi connectivity index (χ4v) is 5.80. The summed E-state index contributed by atoms with van der Waals surface area (Å²) in [4.78, 5) is 1.52. The van der Waals surface area contributed by atoms with Crippen LogP contribution in [0.4, 0.5) is 0 Å². The van der Waals surface area contributed by atoms with Gasteiger partial charge in [0.15, 0.2) is 11.0 Å². The highest BCUT2D eigenvalue weighted by molar-refractivity contribution is 7.98. The maximum atomic E-state index is 5.33. The molecule has 1 aromatic carbocycles. The fraction of sp³-hybridized carbons (Fsp3) is 0.364. The Morgan fingerprint density at radius 1 is 1.39 bits per heavy atom. The second kappa shape index (κ2) is 8.53. The Bertz CT molecular complexity index is 976. The minimum Gasteiger partial charge on any atom is -0.497 e. The van der Waals surface area contributed by atoms with Crippen LogP contribution in [0.1, 0.15) is 29.3 Å². The third-order valence-electron chi connectivity index (χ3n) is 5.17. The normalized spacial score (nSPS) is 16.0. The van der Waals surface area contributed by atoms with Gasteiger partial charge in [-0.2, -0.15) is 0 Å². The monoisotopic (exact) mass is 411 g/mol. The summed E-state index contributed by atoms with van der Waals surface area (Å²) < 4.78 is 7.52. The van der Waals surface area contributed by atoms with Crippen molar-refractivity contribution in [1.82, 2.24) is 14.8 Å². The maximum Gasteiger partial charge on any atom is 0.192 e. The van der Waals surface area contributed by atoms with E-state index in [4.69, 9.17) is 4.74 Å². The third kappa shape index (κ3) is 3.89. The number of fused-ring (bicyclic) bond motifs is 1. The fourth-order valence-electron chi connectivity index (χ4n) is 3.66. The molecular formula is C22H25N3OS2. The summed E-state index contributed by atoms with van der Waals surface area (Å²) in [5.74, 6) is 3.45. The maximum absolute atomic E-state index is 5.33. The molecule has 0 N–H and O–H groups in total. The van der Waals surface area contributed by atoms with Gasteiger partial charge in [-0.15, -0.1) is 28.1 Å². The Kier molecular flexibility index (Phi) is 5.87. The van der Waals surface area contributed by atoms with Crippen molar-refractivity contribution < 1.29 is 4.74 Å². The van der Waals surface area contributed by atoms with Gasteiger partial charge in [-0.05, 0) is 48.4 Å². The van der Waals surface area contributed by atoms with Crippen molar-refractivity contribution in [2.24, 2.45) is 5.92 Å². The van der Waals surface area contributed by atoms with Crippen LogP contribution in [0.25, 0.3) is 11.4 Å². The predicted octanol–water partition coefficient (Wildman–Crippen LogP) is 5.62. The van der Waals surface area contributed by atoms with Crippen molar-refractivity contribution in [1.29, 1.82) is 0 Å². The SMILES string of the molecule is C=CCn1c(SCc2cccc(OC)c2)nnc1-c1csc2c1CCC(C)C2. The number of aromatic nitrogens is 3. The molecule has 2 aromatic heterocycles. The van der Waals surface area contributed by atoms with Gasteiger partial charge >= 0.3 is 0 Å². The van der Waals surface area contributed by atoms with Gasteiger partial charge < -0.3 is 4.74 Å². The standard InChI is InChI=1S/C22H25N3OS2/c1-4-10-25-21(19-14-27-20-11-15(2)8-9-18(19)20)23-24-22(25)28-13-16-6-5-7-17(12-16)26-3/h4-7,12,14-15H,1,8-11,13H2,2-3H3. The summed E-state index contributed by atoms with van der Waals surface area (Å²) in [5.41, 5.74) is 3.94. The van der Waals surface area contributed by atoms with Crippen LogP contribution in [0.5, 0.6) is 5.75 Å². The summed E-state index contributed by atoms with van der Waals surface area (Å²) in [6, 6.07) is 8.17. The van der Waals surface area contributed by atoms with Crippen LogP contribution in [-0.4, -0.2) is 21.9 Å². The Morgan fingerprint density at radius 3 is 3.11 bits per heavy atom. The van der Waals surface area contributed by atoms with Crippen LogP contribution >= 0.6 is 23.1 Å². The van der Waals surface area contributed by atoms with Crippen molar-refractivity contribution in [2.75, 3.05) is 7.11 Å². The average Bonchev–Trinajstić information content (AvgIpc) is 3.30.